The lowest BCUT2D eigenvalue weighted by atomic mass is 10.0. The van der Waals surface area contributed by atoms with E-state index in [4.69, 9.17) is 39.8 Å². The number of carbonyl (C=O) groups is 1. The second kappa shape index (κ2) is 5.73. The molecule has 1 N–H and O–H groups in total. The van der Waals surface area contributed by atoms with Crippen LogP contribution in [0.3, 0.4) is 0 Å². The van der Waals surface area contributed by atoms with Crippen LogP contribution in [-0.4, -0.2) is 26.5 Å². The third-order valence-corrected chi connectivity index (χ3v) is 4.82. The Labute approximate surface area is 144 Å². The molecule has 0 saturated carbocycles. The highest BCUT2D eigenvalue weighted by molar-refractivity contribution is 6.68. The number of halogens is 3. The molecule has 0 saturated heterocycles. The quantitative estimate of drug-likeness (QED) is 0.788. The van der Waals surface area contributed by atoms with Gasteiger partial charge in [0.1, 0.15) is 0 Å². The van der Waals surface area contributed by atoms with E-state index in [1.54, 1.807) is 0 Å². The zero-order valence-corrected chi connectivity index (χ0v) is 14.5. The van der Waals surface area contributed by atoms with Crippen molar-refractivity contribution >= 4 is 46.6 Å². The molecule has 1 unspecified atom stereocenters. The van der Waals surface area contributed by atoms with Crippen molar-refractivity contribution in [2.75, 3.05) is 11.4 Å². The zero-order valence-electron chi connectivity index (χ0n) is 12.2. The first-order valence-corrected chi connectivity index (χ1v) is 8.53. The summed E-state index contributed by atoms with van der Waals surface area (Å²) in [6.07, 6.45) is 3.45. The summed E-state index contributed by atoms with van der Waals surface area (Å²) < 4.78 is -1.65. The van der Waals surface area contributed by atoms with Crippen LogP contribution in [0.4, 0.5) is 10.5 Å². The summed E-state index contributed by atoms with van der Waals surface area (Å²) in [6, 6.07) is 0. The average Bonchev–Trinajstić information content (AvgIpc) is 3.00. The van der Waals surface area contributed by atoms with Gasteiger partial charge in [0.25, 0.3) is 0 Å². The minimum absolute atomic E-state index is 0.176. The number of hydrogen-bond donors (Lipinski definition) is 1. The molecule has 0 bridgehead atoms. The fourth-order valence-electron chi connectivity index (χ4n) is 3.52. The molecule has 1 amide bonds. The van der Waals surface area contributed by atoms with E-state index in [0.717, 1.165) is 60.3 Å². The minimum atomic E-state index is -1.65. The molecule has 0 fully saturated rings. The van der Waals surface area contributed by atoms with Crippen LogP contribution in [0.1, 0.15) is 48.2 Å². The lowest BCUT2D eigenvalue weighted by molar-refractivity contribution is 0.202. The van der Waals surface area contributed by atoms with Gasteiger partial charge < -0.3 is 5.11 Å². The third kappa shape index (κ3) is 2.89. The van der Waals surface area contributed by atoms with E-state index < -0.39 is 9.89 Å². The molecule has 1 heterocycles. The van der Waals surface area contributed by atoms with E-state index in [9.17, 15) is 9.90 Å². The molecule has 0 radical (unpaired) electrons. The summed E-state index contributed by atoms with van der Waals surface area (Å²) in [5.74, 6) is 0.350. The van der Waals surface area contributed by atoms with Crippen LogP contribution in [0.2, 0.25) is 0 Å². The number of hydrogen-bond acceptors (Lipinski definition) is 2. The van der Waals surface area contributed by atoms with Crippen LogP contribution in [-0.2, 0) is 19.3 Å². The number of aryl methyl sites for hydroxylation is 1. The monoisotopic (exact) mass is 362 g/mol. The SMILES string of the molecule is CC1CCc2c1nc1c(c2N(CC(Cl)(Cl)Cl)C(=O)O)CCC1. The first kappa shape index (κ1) is 16.2. The Morgan fingerprint density at radius 3 is 2.68 bits per heavy atom. The number of anilines is 1. The molecule has 3 rings (SSSR count). The molecule has 0 spiro atoms. The zero-order chi connectivity index (χ0) is 16.1. The van der Waals surface area contributed by atoms with Crippen LogP contribution < -0.4 is 4.90 Å². The average molecular weight is 364 g/mol. The molecule has 0 aliphatic heterocycles. The Morgan fingerprint density at radius 2 is 2.05 bits per heavy atom. The number of aromatic nitrogens is 1. The van der Waals surface area contributed by atoms with Crippen LogP contribution in [0.25, 0.3) is 0 Å². The summed E-state index contributed by atoms with van der Waals surface area (Å²) in [5.41, 5.74) is 4.79. The maximum atomic E-state index is 11.8. The van der Waals surface area contributed by atoms with Crippen molar-refractivity contribution in [2.24, 2.45) is 0 Å². The van der Waals surface area contributed by atoms with Crippen molar-refractivity contribution in [1.82, 2.24) is 4.98 Å². The fraction of sp³-hybridized carbons (Fsp3) is 0.600. The summed E-state index contributed by atoms with van der Waals surface area (Å²) in [5, 5.41) is 9.65. The van der Waals surface area contributed by atoms with Crippen molar-refractivity contribution in [3.8, 4) is 0 Å². The van der Waals surface area contributed by atoms with E-state index in [1.165, 1.54) is 4.90 Å². The molecular weight excluding hydrogens is 347 g/mol. The number of fused-ring (bicyclic) bond motifs is 2. The Morgan fingerprint density at radius 1 is 1.32 bits per heavy atom. The van der Waals surface area contributed by atoms with Crippen molar-refractivity contribution in [3.05, 3.63) is 22.5 Å². The van der Waals surface area contributed by atoms with E-state index in [1.807, 2.05) is 0 Å². The Kier molecular flexibility index (Phi) is 4.21. The smallest absolute Gasteiger partial charge is 0.411 e. The van der Waals surface area contributed by atoms with Gasteiger partial charge in [-0.05, 0) is 49.1 Å². The van der Waals surface area contributed by atoms with Gasteiger partial charge >= 0.3 is 6.09 Å². The van der Waals surface area contributed by atoms with Gasteiger partial charge in [0.2, 0.25) is 3.79 Å². The van der Waals surface area contributed by atoms with Gasteiger partial charge in [-0.1, -0.05) is 41.7 Å². The number of rotatable bonds is 2. The van der Waals surface area contributed by atoms with Gasteiger partial charge in [0, 0.05) is 11.4 Å². The third-order valence-electron chi connectivity index (χ3n) is 4.46. The van der Waals surface area contributed by atoms with Crippen molar-refractivity contribution in [1.29, 1.82) is 0 Å². The predicted octanol–water partition coefficient (Wildman–Crippen LogP) is 4.47. The predicted molar refractivity (Wildman–Crippen MR) is 88.7 cm³/mol. The number of carboxylic acid groups (broad SMARTS) is 1. The fourth-order valence-corrected chi connectivity index (χ4v) is 3.88. The summed E-state index contributed by atoms with van der Waals surface area (Å²) in [4.78, 5) is 17.8. The maximum absolute atomic E-state index is 11.8. The highest BCUT2D eigenvalue weighted by atomic mass is 35.6. The van der Waals surface area contributed by atoms with Gasteiger partial charge in [0.05, 0.1) is 12.2 Å². The van der Waals surface area contributed by atoms with E-state index in [2.05, 4.69) is 6.92 Å². The van der Waals surface area contributed by atoms with Crippen LogP contribution in [0, 0.1) is 0 Å². The molecule has 2 aliphatic rings. The van der Waals surface area contributed by atoms with Gasteiger partial charge in [-0.25, -0.2) is 4.79 Å². The molecule has 1 aromatic rings. The van der Waals surface area contributed by atoms with Crippen LogP contribution in [0.15, 0.2) is 0 Å². The van der Waals surface area contributed by atoms with E-state index in [-0.39, 0.29) is 6.54 Å². The van der Waals surface area contributed by atoms with Crippen LogP contribution >= 0.6 is 34.8 Å². The Hall–Kier alpha value is -0.710. The first-order chi connectivity index (χ1) is 10.3. The summed E-state index contributed by atoms with van der Waals surface area (Å²) >= 11 is 17.6. The lowest BCUT2D eigenvalue weighted by Gasteiger charge is -2.28. The Balaban J connectivity index is 2.16. The van der Waals surface area contributed by atoms with Crippen molar-refractivity contribution < 1.29 is 9.90 Å². The molecule has 0 aromatic carbocycles. The Bertz CT molecular complexity index is 628. The van der Waals surface area contributed by atoms with Crippen LogP contribution in [0.5, 0.6) is 0 Å². The summed E-state index contributed by atoms with van der Waals surface area (Å²) in [6.45, 7) is 1.95. The largest absolute Gasteiger partial charge is 0.465 e. The first-order valence-electron chi connectivity index (χ1n) is 7.39. The van der Waals surface area contributed by atoms with Gasteiger partial charge in [-0.2, -0.15) is 0 Å². The molecule has 1 aromatic heterocycles. The van der Waals surface area contributed by atoms with Gasteiger partial charge in [-0.15, -0.1) is 0 Å². The molecule has 4 nitrogen and oxygen atoms in total. The highest BCUT2D eigenvalue weighted by Crippen LogP contribution is 2.44. The molecule has 1 atom stereocenters. The van der Waals surface area contributed by atoms with Crippen molar-refractivity contribution in [2.45, 2.75) is 48.7 Å². The molecular formula is C15H17Cl3N2O2. The standard InChI is InChI=1S/C15H17Cl3N2O2/c1-8-5-6-10-12(8)19-11-4-2-3-9(11)13(10)20(14(21)22)7-15(16,17)18/h8H,2-7H2,1H3,(H,21,22). The number of nitrogens with zero attached hydrogens (tertiary/aromatic N) is 2. The van der Waals surface area contributed by atoms with Crippen molar-refractivity contribution in [3.63, 3.8) is 0 Å². The number of pyridine rings is 1. The lowest BCUT2D eigenvalue weighted by Crippen LogP contribution is -2.38. The highest BCUT2D eigenvalue weighted by Gasteiger charge is 2.36. The second-order valence-electron chi connectivity index (χ2n) is 6.03. The normalized spacial score (nSPS) is 19.9. The maximum Gasteiger partial charge on any atom is 0.411 e. The van der Waals surface area contributed by atoms with E-state index >= 15 is 0 Å². The van der Waals surface area contributed by atoms with Gasteiger partial charge in [0.15, 0.2) is 0 Å². The molecule has 120 valence electrons. The molecule has 7 heteroatoms. The molecule has 2 aliphatic carbocycles. The number of alkyl halides is 3. The second-order valence-corrected chi connectivity index (χ2v) is 8.54. The van der Waals surface area contributed by atoms with E-state index in [0.29, 0.717) is 5.92 Å². The minimum Gasteiger partial charge on any atom is -0.465 e. The number of amides is 1. The topological polar surface area (TPSA) is 53.4 Å². The van der Waals surface area contributed by atoms with Gasteiger partial charge in [-0.3, -0.25) is 9.88 Å². The summed E-state index contributed by atoms with van der Waals surface area (Å²) in [7, 11) is 0. The molecule has 22 heavy (non-hydrogen) atoms.